The van der Waals surface area contributed by atoms with Gasteiger partial charge >= 0.3 is 0 Å². The van der Waals surface area contributed by atoms with E-state index in [-0.39, 0.29) is 35.3 Å². The summed E-state index contributed by atoms with van der Waals surface area (Å²) in [5.74, 6) is -0.492. The quantitative estimate of drug-likeness (QED) is 0.434. The minimum absolute atomic E-state index is 0.0562. The fourth-order valence-corrected chi connectivity index (χ4v) is 6.04. The van der Waals surface area contributed by atoms with Gasteiger partial charge in [0.2, 0.25) is 15.9 Å². The number of nitrogens with one attached hydrogen (secondary N) is 1. The van der Waals surface area contributed by atoms with E-state index in [2.05, 4.69) is 15.4 Å². The number of piperidine rings is 2. The van der Waals surface area contributed by atoms with Crippen LogP contribution in [0.3, 0.4) is 0 Å². The van der Waals surface area contributed by atoms with E-state index < -0.39 is 20.9 Å². The van der Waals surface area contributed by atoms with Crippen LogP contribution < -0.4 is 5.43 Å². The highest BCUT2D eigenvalue weighted by Crippen LogP contribution is 2.32. The van der Waals surface area contributed by atoms with Gasteiger partial charge in [-0.15, -0.1) is 0 Å². The van der Waals surface area contributed by atoms with Crippen LogP contribution in [0.5, 0.6) is 0 Å². The first-order chi connectivity index (χ1) is 16.2. The number of nitro benzene ring substituents is 1. The summed E-state index contributed by atoms with van der Waals surface area (Å²) in [5.41, 5.74) is 3.64. The van der Waals surface area contributed by atoms with E-state index >= 15 is 0 Å². The largest absolute Gasteiger partial charge is 0.343 e. The number of amides is 1. The Morgan fingerprint density at radius 3 is 2.53 bits per heavy atom. The number of rotatable bonds is 8. The van der Waals surface area contributed by atoms with Crippen molar-refractivity contribution in [3.05, 3.63) is 28.3 Å². The maximum absolute atomic E-state index is 13.6. The lowest BCUT2D eigenvalue weighted by molar-refractivity contribution is -0.385. The number of sulfonamides is 1. The zero-order valence-electron chi connectivity index (χ0n) is 20.1. The molecule has 3 rings (SSSR count). The summed E-state index contributed by atoms with van der Waals surface area (Å²) in [6.45, 7) is 6.95. The predicted molar refractivity (Wildman–Crippen MR) is 130 cm³/mol. The number of likely N-dealkylation sites (tertiary alicyclic amines) is 1. The Hall–Kier alpha value is -2.57. The number of carbonyl (C=O) groups excluding carboxylic acids is 1. The van der Waals surface area contributed by atoms with E-state index in [1.807, 2.05) is 20.9 Å². The number of nitro groups is 1. The van der Waals surface area contributed by atoms with E-state index in [4.69, 9.17) is 0 Å². The fourth-order valence-electron chi connectivity index (χ4n) is 4.35. The Bertz CT molecular complexity index is 1030. The van der Waals surface area contributed by atoms with Crippen LogP contribution in [0.1, 0.15) is 39.5 Å². The van der Waals surface area contributed by atoms with Gasteiger partial charge in [0.25, 0.3) is 5.69 Å². The molecule has 0 aromatic heterocycles. The van der Waals surface area contributed by atoms with Crippen molar-refractivity contribution in [2.75, 3.05) is 51.7 Å². The fraction of sp³-hybridized carbons (Fsp3) is 0.636. The number of benzene rings is 1. The zero-order chi connectivity index (χ0) is 24.9. The molecule has 1 aromatic carbocycles. The molecule has 34 heavy (non-hydrogen) atoms. The first kappa shape index (κ1) is 26.0. The molecule has 2 aliphatic rings. The minimum Gasteiger partial charge on any atom is -0.343 e. The van der Waals surface area contributed by atoms with E-state index in [1.165, 1.54) is 16.4 Å². The Balaban J connectivity index is 1.89. The van der Waals surface area contributed by atoms with Crippen LogP contribution in [0.25, 0.3) is 0 Å². The topological polar surface area (TPSA) is 128 Å². The number of non-ortho nitro benzene ring substituents is 1. The maximum atomic E-state index is 13.6. The molecule has 0 bridgehead atoms. The van der Waals surface area contributed by atoms with E-state index in [0.717, 1.165) is 37.7 Å². The average Bonchev–Trinajstić information content (AvgIpc) is 2.84. The molecule has 188 valence electrons. The summed E-state index contributed by atoms with van der Waals surface area (Å²) in [6, 6.07) is 3.72. The minimum atomic E-state index is -4.10. The molecule has 2 saturated heterocycles. The lowest BCUT2D eigenvalue weighted by Crippen LogP contribution is -2.46. The monoisotopic (exact) mass is 494 g/mol. The molecule has 0 spiro atoms. The Labute approximate surface area is 201 Å². The molecule has 2 aliphatic heterocycles. The van der Waals surface area contributed by atoms with Crippen LogP contribution in [0.15, 0.2) is 28.2 Å². The number of hydrogen-bond donors (Lipinski definition) is 1. The number of hydrazone groups is 1. The predicted octanol–water partition coefficient (Wildman–Crippen LogP) is 2.36. The summed E-state index contributed by atoms with van der Waals surface area (Å²) in [5, 5.41) is 15.8. The first-order valence-corrected chi connectivity index (χ1v) is 13.2. The number of nitrogens with zero attached hydrogens (tertiary/aromatic N) is 5. The molecule has 2 heterocycles. The van der Waals surface area contributed by atoms with Gasteiger partial charge in [-0.05, 0) is 39.8 Å². The normalized spacial score (nSPS) is 20.1. The van der Waals surface area contributed by atoms with Gasteiger partial charge in [0.05, 0.1) is 16.5 Å². The van der Waals surface area contributed by atoms with Crippen molar-refractivity contribution in [2.24, 2.45) is 11.0 Å². The molecule has 12 heteroatoms. The third kappa shape index (κ3) is 5.91. The average molecular weight is 495 g/mol. The Kier molecular flexibility index (Phi) is 8.61. The van der Waals surface area contributed by atoms with Crippen LogP contribution in [-0.4, -0.2) is 85.4 Å². The lowest BCUT2D eigenvalue weighted by Gasteiger charge is -2.34. The summed E-state index contributed by atoms with van der Waals surface area (Å²) < 4.78 is 28.5. The highest BCUT2D eigenvalue weighted by Gasteiger charge is 2.36. The molecular formula is C22H34N6O5S. The number of carbonyl (C=O) groups is 1. The van der Waals surface area contributed by atoms with E-state index in [0.29, 0.717) is 25.9 Å². The standard InChI is InChI=1S/C22H34N6O5S/c1-4-26(5-2)22(29)17-7-6-12-27(16-17)34(32,33)21-15-19(28(30)31)8-9-20(21)24-23-18-10-13-25(3)14-11-18/h8-9,15,17,24H,4-7,10-14,16H2,1-3H3/t17-/m1/s1. The van der Waals surface area contributed by atoms with Crippen molar-refractivity contribution in [2.45, 2.75) is 44.4 Å². The van der Waals surface area contributed by atoms with Crippen molar-refractivity contribution in [3.63, 3.8) is 0 Å². The van der Waals surface area contributed by atoms with Crippen LogP contribution in [0.2, 0.25) is 0 Å². The smallest absolute Gasteiger partial charge is 0.270 e. The Morgan fingerprint density at radius 1 is 1.24 bits per heavy atom. The van der Waals surface area contributed by atoms with Crippen LogP contribution in [0.4, 0.5) is 11.4 Å². The molecule has 1 N–H and O–H groups in total. The van der Waals surface area contributed by atoms with Crippen LogP contribution in [0, 0.1) is 16.0 Å². The molecule has 0 radical (unpaired) electrons. The van der Waals surface area contributed by atoms with Crippen molar-refractivity contribution in [3.8, 4) is 0 Å². The van der Waals surface area contributed by atoms with Gasteiger partial charge in [-0.25, -0.2) is 8.42 Å². The van der Waals surface area contributed by atoms with Crippen molar-refractivity contribution in [1.29, 1.82) is 0 Å². The summed E-state index contributed by atoms with van der Waals surface area (Å²) in [6.07, 6.45) is 2.69. The van der Waals surface area contributed by atoms with Crippen LogP contribution >= 0.6 is 0 Å². The molecule has 1 atom stereocenters. The third-order valence-electron chi connectivity index (χ3n) is 6.50. The highest BCUT2D eigenvalue weighted by atomic mass is 32.2. The van der Waals surface area contributed by atoms with Gasteiger partial charge in [0.1, 0.15) is 4.90 Å². The molecule has 1 amide bonds. The highest BCUT2D eigenvalue weighted by molar-refractivity contribution is 7.89. The van der Waals surface area contributed by atoms with Gasteiger partial charge in [-0.1, -0.05) is 0 Å². The summed E-state index contributed by atoms with van der Waals surface area (Å²) >= 11 is 0. The van der Waals surface area contributed by atoms with Gasteiger partial charge in [-0.3, -0.25) is 20.3 Å². The van der Waals surface area contributed by atoms with Gasteiger partial charge in [-0.2, -0.15) is 9.41 Å². The second-order valence-corrected chi connectivity index (χ2v) is 10.6. The SMILES string of the molecule is CCN(CC)C(=O)[C@@H]1CCCN(S(=O)(=O)c2cc([N+](=O)[O-])ccc2NN=C2CCN(C)CC2)C1. The summed E-state index contributed by atoms with van der Waals surface area (Å²) in [7, 11) is -2.07. The van der Waals surface area contributed by atoms with Crippen LogP contribution in [-0.2, 0) is 14.8 Å². The lowest BCUT2D eigenvalue weighted by atomic mass is 9.98. The molecule has 1 aromatic rings. The van der Waals surface area contributed by atoms with E-state index in [1.54, 1.807) is 4.90 Å². The van der Waals surface area contributed by atoms with Gasteiger partial charge < -0.3 is 9.80 Å². The summed E-state index contributed by atoms with van der Waals surface area (Å²) in [4.78, 5) is 27.3. The molecule has 0 aliphatic carbocycles. The van der Waals surface area contributed by atoms with Crippen molar-refractivity contribution in [1.82, 2.24) is 14.1 Å². The van der Waals surface area contributed by atoms with Crippen molar-refractivity contribution < 1.29 is 18.1 Å². The molecule has 2 fully saturated rings. The number of hydrogen-bond acceptors (Lipinski definition) is 8. The molecule has 11 nitrogen and oxygen atoms in total. The van der Waals surface area contributed by atoms with Gasteiger partial charge in [0.15, 0.2) is 0 Å². The molecular weight excluding hydrogens is 460 g/mol. The Morgan fingerprint density at radius 2 is 1.91 bits per heavy atom. The third-order valence-corrected chi connectivity index (χ3v) is 8.41. The van der Waals surface area contributed by atoms with Gasteiger partial charge in [0, 0.05) is 70.0 Å². The molecule has 0 unspecified atom stereocenters. The molecule has 0 saturated carbocycles. The first-order valence-electron chi connectivity index (χ1n) is 11.7. The van der Waals surface area contributed by atoms with E-state index in [9.17, 15) is 23.3 Å². The zero-order valence-corrected chi connectivity index (χ0v) is 20.9. The maximum Gasteiger partial charge on any atom is 0.270 e. The second-order valence-electron chi connectivity index (χ2n) is 8.74. The number of anilines is 1. The second kappa shape index (κ2) is 11.2. The van der Waals surface area contributed by atoms with Crippen molar-refractivity contribution >= 4 is 33.0 Å².